The molecule has 0 fully saturated rings. The standard InChI is InChI=1S/C20H19ClN4O2/c1-13-11-17(19(26)25(2)15-7-5-4-6-8-15)24-20(22-13)23-16-12-14(21)9-10-18(16)27-3/h4-12H,1-3H3,(H,22,23,24). The summed E-state index contributed by atoms with van der Waals surface area (Å²) < 4.78 is 5.32. The number of halogens is 1. The van der Waals surface area contributed by atoms with Gasteiger partial charge >= 0.3 is 0 Å². The zero-order valence-electron chi connectivity index (χ0n) is 15.2. The summed E-state index contributed by atoms with van der Waals surface area (Å²) in [5.41, 5.74) is 2.35. The smallest absolute Gasteiger partial charge is 0.276 e. The Balaban J connectivity index is 1.91. The summed E-state index contributed by atoms with van der Waals surface area (Å²) >= 11 is 6.07. The maximum atomic E-state index is 12.8. The van der Waals surface area contributed by atoms with E-state index in [9.17, 15) is 4.79 Å². The van der Waals surface area contributed by atoms with Gasteiger partial charge < -0.3 is 15.0 Å². The van der Waals surface area contributed by atoms with Crippen LogP contribution in [0.2, 0.25) is 5.02 Å². The molecule has 138 valence electrons. The molecule has 1 amide bonds. The number of nitrogens with one attached hydrogen (secondary N) is 1. The monoisotopic (exact) mass is 382 g/mol. The Morgan fingerprint density at radius 1 is 1.11 bits per heavy atom. The first-order valence-corrected chi connectivity index (χ1v) is 8.65. The lowest BCUT2D eigenvalue weighted by atomic mass is 10.2. The number of rotatable bonds is 5. The molecule has 0 aliphatic rings. The molecule has 0 aliphatic heterocycles. The van der Waals surface area contributed by atoms with E-state index in [0.29, 0.717) is 28.1 Å². The van der Waals surface area contributed by atoms with Crippen LogP contribution in [-0.2, 0) is 0 Å². The van der Waals surface area contributed by atoms with Gasteiger partial charge in [0, 0.05) is 23.5 Å². The van der Waals surface area contributed by atoms with Gasteiger partial charge in [0.05, 0.1) is 12.8 Å². The van der Waals surface area contributed by atoms with Crippen LogP contribution in [-0.4, -0.2) is 30.0 Å². The van der Waals surface area contributed by atoms with Crippen LogP contribution in [0.15, 0.2) is 54.6 Å². The van der Waals surface area contributed by atoms with Crippen molar-refractivity contribution in [2.45, 2.75) is 6.92 Å². The minimum Gasteiger partial charge on any atom is -0.495 e. The van der Waals surface area contributed by atoms with Crippen LogP contribution >= 0.6 is 11.6 Å². The van der Waals surface area contributed by atoms with E-state index in [1.807, 2.05) is 30.3 Å². The summed E-state index contributed by atoms with van der Waals surface area (Å²) in [5, 5.41) is 3.62. The lowest BCUT2D eigenvalue weighted by Crippen LogP contribution is -2.27. The number of carbonyl (C=O) groups is 1. The molecule has 0 spiro atoms. The van der Waals surface area contributed by atoms with E-state index < -0.39 is 0 Å². The third kappa shape index (κ3) is 4.35. The summed E-state index contributed by atoms with van der Waals surface area (Å²) in [5.74, 6) is 0.659. The van der Waals surface area contributed by atoms with Crippen molar-refractivity contribution in [3.63, 3.8) is 0 Å². The lowest BCUT2D eigenvalue weighted by Gasteiger charge is -2.17. The van der Waals surface area contributed by atoms with Crippen molar-refractivity contribution in [2.24, 2.45) is 0 Å². The van der Waals surface area contributed by atoms with E-state index in [1.165, 1.54) is 0 Å². The van der Waals surface area contributed by atoms with Gasteiger partial charge in [-0.3, -0.25) is 4.79 Å². The first kappa shape index (κ1) is 18.7. The molecule has 27 heavy (non-hydrogen) atoms. The third-order valence-corrected chi connectivity index (χ3v) is 4.16. The lowest BCUT2D eigenvalue weighted by molar-refractivity contribution is 0.0988. The van der Waals surface area contributed by atoms with Crippen LogP contribution < -0.4 is 15.0 Å². The summed E-state index contributed by atoms with van der Waals surface area (Å²) in [6, 6.07) is 16.2. The molecule has 0 saturated heterocycles. The first-order chi connectivity index (χ1) is 13.0. The van der Waals surface area contributed by atoms with Crippen molar-refractivity contribution in [3.8, 4) is 5.75 Å². The number of benzene rings is 2. The Labute approximate surface area is 162 Å². The van der Waals surface area contributed by atoms with Gasteiger partial charge in [-0.1, -0.05) is 29.8 Å². The normalized spacial score (nSPS) is 10.4. The van der Waals surface area contributed by atoms with Crippen LogP contribution in [0.1, 0.15) is 16.2 Å². The minimum absolute atomic E-state index is 0.229. The van der Waals surface area contributed by atoms with Crippen molar-refractivity contribution in [2.75, 3.05) is 24.4 Å². The molecule has 0 saturated carbocycles. The highest BCUT2D eigenvalue weighted by atomic mass is 35.5. The number of ether oxygens (including phenoxy) is 1. The Hall–Kier alpha value is -3.12. The topological polar surface area (TPSA) is 67.3 Å². The number of anilines is 3. The van der Waals surface area contributed by atoms with Gasteiger partial charge in [-0.15, -0.1) is 0 Å². The van der Waals surface area contributed by atoms with Gasteiger partial charge in [-0.2, -0.15) is 0 Å². The molecule has 3 rings (SSSR count). The molecule has 3 aromatic rings. The van der Waals surface area contributed by atoms with Crippen molar-refractivity contribution >= 4 is 34.8 Å². The van der Waals surface area contributed by atoms with Gasteiger partial charge in [-0.05, 0) is 43.3 Å². The Bertz CT molecular complexity index is 963. The Morgan fingerprint density at radius 2 is 1.85 bits per heavy atom. The van der Waals surface area contributed by atoms with Crippen LogP contribution in [0.5, 0.6) is 5.75 Å². The summed E-state index contributed by atoms with van der Waals surface area (Å²) in [4.78, 5) is 23.1. The number of nitrogens with zero attached hydrogens (tertiary/aromatic N) is 3. The fourth-order valence-electron chi connectivity index (χ4n) is 2.57. The van der Waals surface area contributed by atoms with Gasteiger partial charge in [0.2, 0.25) is 5.95 Å². The second kappa shape index (κ2) is 8.05. The Morgan fingerprint density at radius 3 is 2.56 bits per heavy atom. The molecule has 0 radical (unpaired) electrons. The summed E-state index contributed by atoms with van der Waals surface area (Å²) in [7, 11) is 3.28. The third-order valence-electron chi connectivity index (χ3n) is 3.93. The van der Waals surface area contributed by atoms with E-state index >= 15 is 0 Å². The largest absolute Gasteiger partial charge is 0.495 e. The van der Waals surface area contributed by atoms with Crippen LogP contribution in [0.25, 0.3) is 0 Å². The van der Waals surface area contributed by atoms with Crippen LogP contribution in [0.3, 0.4) is 0 Å². The fraction of sp³-hybridized carbons (Fsp3) is 0.150. The molecular weight excluding hydrogens is 364 g/mol. The molecule has 7 heteroatoms. The van der Waals surface area contributed by atoms with E-state index in [-0.39, 0.29) is 11.6 Å². The second-order valence-corrected chi connectivity index (χ2v) is 6.32. The van der Waals surface area contributed by atoms with E-state index in [1.54, 1.807) is 50.2 Å². The molecule has 0 bridgehead atoms. The Kier molecular flexibility index (Phi) is 5.57. The van der Waals surface area contributed by atoms with Gasteiger partial charge in [0.25, 0.3) is 5.91 Å². The van der Waals surface area contributed by atoms with Crippen LogP contribution in [0.4, 0.5) is 17.3 Å². The van der Waals surface area contributed by atoms with E-state index in [2.05, 4.69) is 15.3 Å². The van der Waals surface area contributed by atoms with Crippen molar-refractivity contribution < 1.29 is 9.53 Å². The van der Waals surface area contributed by atoms with Crippen LogP contribution in [0, 0.1) is 6.92 Å². The van der Waals surface area contributed by atoms with E-state index in [4.69, 9.17) is 16.3 Å². The molecule has 1 N–H and O–H groups in total. The van der Waals surface area contributed by atoms with Crippen molar-refractivity contribution in [3.05, 3.63) is 71.0 Å². The number of hydrogen-bond acceptors (Lipinski definition) is 5. The average Bonchev–Trinajstić information content (AvgIpc) is 2.67. The molecule has 0 aliphatic carbocycles. The van der Waals surface area contributed by atoms with Gasteiger partial charge in [0.15, 0.2) is 0 Å². The quantitative estimate of drug-likeness (QED) is 0.705. The number of aromatic nitrogens is 2. The SMILES string of the molecule is COc1ccc(Cl)cc1Nc1nc(C)cc(C(=O)N(C)c2ccccc2)n1. The number of carbonyl (C=O) groups excluding carboxylic acids is 1. The second-order valence-electron chi connectivity index (χ2n) is 5.89. The van der Waals surface area contributed by atoms with E-state index in [0.717, 1.165) is 5.69 Å². The number of amides is 1. The molecular formula is C20H19ClN4O2. The molecule has 0 atom stereocenters. The highest BCUT2D eigenvalue weighted by Crippen LogP contribution is 2.29. The average molecular weight is 383 g/mol. The number of methoxy groups -OCH3 is 1. The number of hydrogen-bond donors (Lipinski definition) is 1. The maximum absolute atomic E-state index is 12.8. The zero-order chi connectivity index (χ0) is 19.4. The predicted molar refractivity (Wildman–Crippen MR) is 107 cm³/mol. The van der Waals surface area contributed by atoms with Crippen molar-refractivity contribution in [1.29, 1.82) is 0 Å². The highest BCUT2D eigenvalue weighted by Gasteiger charge is 2.17. The molecule has 6 nitrogen and oxygen atoms in total. The molecule has 1 aromatic heterocycles. The summed E-state index contributed by atoms with van der Waals surface area (Å²) in [6.07, 6.45) is 0. The van der Waals surface area contributed by atoms with Gasteiger partial charge in [0.1, 0.15) is 11.4 Å². The molecule has 1 heterocycles. The number of para-hydroxylation sites is 1. The van der Waals surface area contributed by atoms with Gasteiger partial charge in [-0.25, -0.2) is 9.97 Å². The zero-order valence-corrected chi connectivity index (χ0v) is 16.0. The molecule has 2 aromatic carbocycles. The van der Waals surface area contributed by atoms with Crippen molar-refractivity contribution in [1.82, 2.24) is 9.97 Å². The maximum Gasteiger partial charge on any atom is 0.276 e. The highest BCUT2D eigenvalue weighted by molar-refractivity contribution is 6.31. The summed E-state index contributed by atoms with van der Waals surface area (Å²) in [6.45, 7) is 1.81. The number of aryl methyl sites for hydroxylation is 1. The fourth-order valence-corrected chi connectivity index (χ4v) is 2.75. The first-order valence-electron chi connectivity index (χ1n) is 8.27. The minimum atomic E-state index is -0.229. The predicted octanol–water partition coefficient (Wildman–Crippen LogP) is 4.47. The molecule has 0 unspecified atom stereocenters.